The van der Waals surface area contributed by atoms with Crippen LogP contribution in [0.2, 0.25) is 27.3 Å². The summed E-state index contributed by atoms with van der Waals surface area (Å²) in [4.78, 5) is 16.7. The third-order valence-corrected chi connectivity index (χ3v) is 5.78. The van der Waals surface area contributed by atoms with Crippen molar-refractivity contribution in [3.05, 3.63) is 0 Å². The average molecular weight is 499 g/mol. The van der Waals surface area contributed by atoms with Gasteiger partial charge in [-0.2, -0.15) is 0 Å². The van der Waals surface area contributed by atoms with E-state index in [1.54, 1.807) is 48.2 Å². The number of rotatable bonds is 21. The van der Waals surface area contributed by atoms with Crippen molar-refractivity contribution in [3.8, 4) is 0 Å². The highest BCUT2D eigenvalue weighted by Crippen LogP contribution is 2.17. The molecular formula is C20H49B4N5O6. The first kappa shape index (κ1) is 34.4. The quantitative estimate of drug-likeness (QED) is 0.0573. The molecular weight excluding hydrogens is 449 g/mol. The van der Waals surface area contributed by atoms with Crippen LogP contribution in [0.4, 0.5) is 0 Å². The van der Waals surface area contributed by atoms with Crippen molar-refractivity contribution < 1.29 is 29.6 Å². The number of nitrogens with one attached hydrogen (secondary N) is 3. The van der Waals surface area contributed by atoms with Gasteiger partial charge in [0.2, 0.25) is 0 Å². The molecule has 0 rings (SSSR count). The lowest BCUT2D eigenvalue weighted by Crippen LogP contribution is -2.58. The molecule has 0 saturated carbocycles. The van der Waals surface area contributed by atoms with E-state index in [1.165, 1.54) is 0 Å². The Morgan fingerprint density at radius 2 is 1.37 bits per heavy atom. The molecule has 35 heavy (non-hydrogen) atoms. The molecule has 0 aromatic carbocycles. The predicted molar refractivity (Wildman–Crippen MR) is 146 cm³/mol. The zero-order valence-electron chi connectivity index (χ0n) is 22.9. The van der Waals surface area contributed by atoms with Crippen LogP contribution in [0.3, 0.4) is 0 Å². The summed E-state index contributed by atoms with van der Waals surface area (Å²) in [7, 11) is -0.869. The molecule has 0 fully saturated rings. The standard InChI is InChI=1S/C20H49B4N5O6/c1-17(2)35-20(30)19(25-7)18(29(24(6)34)16-10-13-27-22(4)32)11-8-14-28(23(5)33)15-9-12-26-21(3)31/h17-19,25-27,31-34H,8-16H2,1-7H3. The van der Waals surface area contributed by atoms with Gasteiger partial charge in [-0.05, 0) is 107 Å². The van der Waals surface area contributed by atoms with Crippen molar-refractivity contribution in [2.75, 3.05) is 39.8 Å². The number of likely N-dealkylation sites (N-methyl/N-ethyl adjacent to an activating group) is 1. The van der Waals surface area contributed by atoms with E-state index < -0.39 is 34.2 Å². The summed E-state index contributed by atoms with van der Waals surface area (Å²) >= 11 is 0. The summed E-state index contributed by atoms with van der Waals surface area (Å²) in [6, 6.07) is -0.961. The van der Waals surface area contributed by atoms with Crippen molar-refractivity contribution in [3.63, 3.8) is 0 Å². The highest BCUT2D eigenvalue weighted by Gasteiger charge is 2.36. The molecule has 0 aliphatic heterocycles. The Labute approximate surface area is 214 Å². The van der Waals surface area contributed by atoms with Crippen molar-refractivity contribution in [2.45, 2.75) is 85.0 Å². The van der Waals surface area contributed by atoms with Crippen LogP contribution in [-0.2, 0) is 9.53 Å². The van der Waals surface area contributed by atoms with E-state index in [0.717, 1.165) is 6.42 Å². The Balaban J connectivity index is 5.36. The summed E-state index contributed by atoms with van der Waals surface area (Å²) in [5.41, 5.74) is 0. The van der Waals surface area contributed by atoms with E-state index in [-0.39, 0.29) is 18.1 Å². The number of esters is 1. The third-order valence-electron chi connectivity index (χ3n) is 5.78. The van der Waals surface area contributed by atoms with Crippen molar-refractivity contribution >= 4 is 34.2 Å². The van der Waals surface area contributed by atoms with Crippen LogP contribution < -0.4 is 15.8 Å². The molecule has 0 heterocycles. The Kier molecular flexibility index (Phi) is 19.1. The van der Waals surface area contributed by atoms with Crippen LogP contribution in [0.5, 0.6) is 0 Å². The maximum absolute atomic E-state index is 12.9. The molecule has 0 saturated heterocycles. The monoisotopic (exact) mass is 499 g/mol. The lowest BCUT2D eigenvalue weighted by Gasteiger charge is -2.37. The number of hydrogen-bond acceptors (Lipinski definition) is 11. The van der Waals surface area contributed by atoms with Gasteiger partial charge in [-0.25, -0.2) is 0 Å². The molecule has 0 spiro atoms. The predicted octanol–water partition coefficient (Wildman–Crippen LogP) is -1.32. The molecule has 202 valence electrons. The molecule has 15 heteroatoms. The molecule has 2 atom stereocenters. The van der Waals surface area contributed by atoms with E-state index in [9.17, 15) is 24.9 Å². The van der Waals surface area contributed by atoms with Crippen molar-refractivity contribution in [2.24, 2.45) is 0 Å². The second-order valence-electron chi connectivity index (χ2n) is 9.47. The lowest BCUT2D eigenvalue weighted by molar-refractivity contribution is -0.151. The SMILES string of the molecule is CNC(C(=O)OC(C)C)C(CCCN(CCCNB(C)O)B(C)O)N(CCCNB(C)O)B(C)O. The van der Waals surface area contributed by atoms with Crippen molar-refractivity contribution in [1.82, 2.24) is 25.4 Å². The molecule has 0 aliphatic carbocycles. The molecule has 0 radical (unpaired) electrons. The molecule has 0 aliphatic rings. The fourth-order valence-electron chi connectivity index (χ4n) is 4.08. The van der Waals surface area contributed by atoms with Gasteiger partial charge in [-0.15, -0.1) is 0 Å². The Morgan fingerprint density at radius 3 is 1.80 bits per heavy atom. The highest BCUT2D eigenvalue weighted by molar-refractivity contribution is 6.46. The zero-order valence-corrected chi connectivity index (χ0v) is 22.9. The van der Waals surface area contributed by atoms with E-state index in [4.69, 9.17) is 4.74 Å². The second-order valence-corrected chi connectivity index (χ2v) is 9.47. The van der Waals surface area contributed by atoms with Crippen LogP contribution in [-0.4, -0.2) is 122 Å². The molecule has 11 nitrogen and oxygen atoms in total. The van der Waals surface area contributed by atoms with Crippen molar-refractivity contribution in [1.29, 1.82) is 0 Å². The number of carbonyl (C=O) groups excluding carboxylic acids is 1. The van der Waals surface area contributed by atoms with Crippen LogP contribution in [0.15, 0.2) is 0 Å². The van der Waals surface area contributed by atoms with Gasteiger partial charge < -0.3 is 50.2 Å². The van der Waals surface area contributed by atoms with E-state index >= 15 is 0 Å². The first-order valence-electron chi connectivity index (χ1n) is 13.0. The van der Waals surface area contributed by atoms with Gasteiger partial charge >= 0.3 is 34.2 Å². The smallest absolute Gasteiger partial charge is 0.376 e. The minimum atomic E-state index is -0.784. The topological polar surface area (TPSA) is 150 Å². The molecule has 0 aromatic rings. The van der Waals surface area contributed by atoms with Gasteiger partial charge in [0.1, 0.15) is 6.04 Å². The number of hydrogen-bond donors (Lipinski definition) is 7. The second kappa shape index (κ2) is 19.5. The Hall–Kier alpha value is -0.630. The third kappa shape index (κ3) is 16.0. The first-order chi connectivity index (χ1) is 16.4. The van der Waals surface area contributed by atoms with E-state index in [2.05, 4.69) is 15.8 Å². The fourth-order valence-corrected chi connectivity index (χ4v) is 4.08. The maximum atomic E-state index is 12.9. The normalized spacial score (nSPS) is 13.3. The minimum absolute atomic E-state index is 0.254. The van der Waals surface area contributed by atoms with Crippen LogP contribution in [0.25, 0.3) is 0 Å². The highest BCUT2D eigenvalue weighted by atomic mass is 16.5. The van der Waals surface area contributed by atoms with E-state index in [1.807, 2.05) is 9.62 Å². The first-order valence-corrected chi connectivity index (χ1v) is 13.0. The summed E-state index contributed by atoms with van der Waals surface area (Å²) in [6.45, 7) is 13.4. The summed E-state index contributed by atoms with van der Waals surface area (Å²) in [5.74, 6) is -0.364. The van der Waals surface area contributed by atoms with Crippen LogP contribution in [0.1, 0.15) is 39.5 Å². The molecule has 0 amide bonds. The average Bonchev–Trinajstić information content (AvgIpc) is 2.73. The zero-order chi connectivity index (χ0) is 27.0. The summed E-state index contributed by atoms with van der Waals surface area (Å²) in [5, 5.41) is 48.6. The molecule has 2 unspecified atom stereocenters. The molecule has 7 N–H and O–H groups in total. The summed E-state index contributed by atoms with van der Waals surface area (Å²) in [6.07, 6.45) is 2.49. The van der Waals surface area contributed by atoms with Gasteiger partial charge in [-0.1, -0.05) is 0 Å². The lowest BCUT2D eigenvalue weighted by atomic mass is 9.79. The maximum Gasteiger partial charge on any atom is 0.376 e. The largest absolute Gasteiger partial charge is 0.462 e. The van der Waals surface area contributed by atoms with Gasteiger partial charge in [0.25, 0.3) is 0 Å². The van der Waals surface area contributed by atoms with Gasteiger partial charge in [0.15, 0.2) is 0 Å². The van der Waals surface area contributed by atoms with Gasteiger partial charge in [0, 0.05) is 6.04 Å². The van der Waals surface area contributed by atoms with Gasteiger partial charge in [-0.3, -0.25) is 4.79 Å². The summed E-state index contributed by atoms with van der Waals surface area (Å²) < 4.78 is 5.49. The number of ether oxygens (including phenoxy) is 1. The van der Waals surface area contributed by atoms with Crippen LogP contribution in [0, 0.1) is 0 Å². The molecule has 0 bridgehead atoms. The van der Waals surface area contributed by atoms with Gasteiger partial charge in [0.05, 0.1) is 6.10 Å². The Bertz CT molecular complexity index is 552. The number of carbonyl (C=O) groups is 1. The minimum Gasteiger partial charge on any atom is -0.462 e. The number of nitrogens with zero attached hydrogens (tertiary/aromatic N) is 2. The van der Waals surface area contributed by atoms with Crippen LogP contribution >= 0.6 is 0 Å². The Morgan fingerprint density at radius 1 is 0.857 bits per heavy atom. The molecule has 0 aromatic heterocycles. The van der Waals surface area contributed by atoms with E-state index in [0.29, 0.717) is 52.0 Å². The fraction of sp³-hybridized carbons (Fsp3) is 0.950.